The lowest BCUT2D eigenvalue weighted by atomic mass is 10.0. The first-order valence-corrected chi connectivity index (χ1v) is 7.31. The second-order valence-electron chi connectivity index (χ2n) is 5.74. The fourth-order valence-electron chi connectivity index (χ4n) is 2.83. The van der Waals surface area contributed by atoms with Crippen LogP contribution in [0.25, 0.3) is 0 Å². The summed E-state index contributed by atoms with van der Waals surface area (Å²) in [5, 5.41) is 20.6. The van der Waals surface area contributed by atoms with Crippen LogP contribution in [0.5, 0.6) is 0 Å². The molecule has 0 aliphatic carbocycles. The molecule has 0 bridgehead atoms. The number of benzene rings is 1. The number of hydrogen-bond donors (Lipinski definition) is 1. The molecule has 1 aliphatic rings. The van der Waals surface area contributed by atoms with Crippen LogP contribution in [0.3, 0.4) is 0 Å². The number of hydrogen-bond acceptors (Lipinski definition) is 5. The zero-order valence-corrected chi connectivity index (χ0v) is 12.5. The van der Waals surface area contributed by atoms with Crippen molar-refractivity contribution in [3.05, 3.63) is 41.5 Å². The zero-order chi connectivity index (χ0) is 17.3. The molecule has 3 rings (SSSR count). The molecule has 2 aromatic rings. The van der Waals surface area contributed by atoms with E-state index in [2.05, 4.69) is 15.4 Å². The molecule has 1 aromatic heterocycles. The van der Waals surface area contributed by atoms with Crippen molar-refractivity contribution in [2.24, 2.45) is 0 Å². The molecule has 0 unspecified atom stereocenters. The quantitative estimate of drug-likeness (QED) is 0.854. The van der Waals surface area contributed by atoms with Gasteiger partial charge in [0.15, 0.2) is 12.4 Å². The third-order valence-corrected chi connectivity index (χ3v) is 3.80. The number of aliphatic hydroxyl groups is 1. The van der Waals surface area contributed by atoms with Crippen LogP contribution in [-0.4, -0.2) is 49.0 Å². The minimum Gasteiger partial charge on any atom is -0.392 e. The van der Waals surface area contributed by atoms with Crippen LogP contribution in [-0.2, 0) is 13.1 Å². The van der Waals surface area contributed by atoms with E-state index in [4.69, 9.17) is 0 Å². The maximum Gasteiger partial charge on any atom is 0.409 e. The summed E-state index contributed by atoms with van der Waals surface area (Å²) >= 11 is 0. The molecule has 6 nitrogen and oxygen atoms in total. The Labute approximate surface area is 134 Å². The number of aromatic nitrogens is 4. The second kappa shape index (κ2) is 6.44. The SMILES string of the molecule is O[C@@H]1C[C@H](c2ccc(F)cc2)N(Cc2nnn(CC(F)(F)F)n2)C1. The van der Waals surface area contributed by atoms with E-state index >= 15 is 0 Å². The Morgan fingerprint density at radius 3 is 2.58 bits per heavy atom. The van der Waals surface area contributed by atoms with Gasteiger partial charge in [-0.2, -0.15) is 18.0 Å². The molecule has 0 amide bonds. The first-order chi connectivity index (χ1) is 11.3. The summed E-state index contributed by atoms with van der Waals surface area (Å²) in [6.45, 7) is -0.823. The molecule has 0 spiro atoms. The van der Waals surface area contributed by atoms with Crippen molar-refractivity contribution in [3.8, 4) is 0 Å². The lowest BCUT2D eigenvalue weighted by Gasteiger charge is -2.22. The number of halogens is 4. The van der Waals surface area contributed by atoms with Gasteiger partial charge in [-0.1, -0.05) is 12.1 Å². The summed E-state index contributed by atoms with van der Waals surface area (Å²) in [6.07, 6.45) is -4.55. The number of rotatable bonds is 4. The molecule has 1 aliphatic heterocycles. The topological polar surface area (TPSA) is 67.1 Å². The van der Waals surface area contributed by atoms with Crippen molar-refractivity contribution in [1.82, 2.24) is 25.1 Å². The Morgan fingerprint density at radius 1 is 1.21 bits per heavy atom. The minimum atomic E-state index is -4.42. The zero-order valence-electron chi connectivity index (χ0n) is 12.5. The highest BCUT2D eigenvalue weighted by Crippen LogP contribution is 2.33. The third-order valence-electron chi connectivity index (χ3n) is 3.80. The molecule has 1 saturated heterocycles. The van der Waals surface area contributed by atoms with E-state index in [0.29, 0.717) is 17.8 Å². The van der Waals surface area contributed by atoms with E-state index in [0.717, 1.165) is 5.56 Å². The summed E-state index contributed by atoms with van der Waals surface area (Å²) < 4.78 is 50.0. The Balaban J connectivity index is 1.72. The normalized spacial score (nSPS) is 22.2. The van der Waals surface area contributed by atoms with Crippen LogP contribution in [0.15, 0.2) is 24.3 Å². The Morgan fingerprint density at radius 2 is 1.92 bits per heavy atom. The Bertz CT molecular complexity index is 687. The van der Waals surface area contributed by atoms with E-state index in [1.54, 1.807) is 12.1 Å². The van der Waals surface area contributed by atoms with Crippen LogP contribution in [0.1, 0.15) is 23.9 Å². The Hall–Kier alpha value is -2.07. The largest absolute Gasteiger partial charge is 0.409 e. The molecule has 24 heavy (non-hydrogen) atoms. The van der Waals surface area contributed by atoms with Gasteiger partial charge in [0.1, 0.15) is 5.82 Å². The van der Waals surface area contributed by atoms with Gasteiger partial charge < -0.3 is 5.11 Å². The highest BCUT2D eigenvalue weighted by Gasteiger charge is 2.33. The standard InChI is InChI=1S/C14H15F4N5O/c15-10-3-1-9(2-4-10)12-5-11(24)6-22(12)7-13-19-21-23(20-13)8-14(16,17)18/h1-4,11-12,24H,5-8H2/t11-,12-/m1/s1. The lowest BCUT2D eigenvalue weighted by molar-refractivity contribution is -0.145. The average Bonchev–Trinajstić information content (AvgIpc) is 3.05. The van der Waals surface area contributed by atoms with Gasteiger partial charge in [0.2, 0.25) is 0 Å². The maximum absolute atomic E-state index is 13.0. The van der Waals surface area contributed by atoms with Gasteiger partial charge in [-0.15, -0.1) is 10.2 Å². The van der Waals surface area contributed by atoms with Crippen LogP contribution < -0.4 is 0 Å². The maximum atomic E-state index is 13.0. The molecular weight excluding hydrogens is 330 g/mol. The smallest absolute Gasteiger partial charge is 0.392 e. The summed E-state index contributed by atoms with van der Waals surface area (Å²) in [5.74, 6) is -0.221. The van der Waals surface area contributed by atoms with Crippen LogP contribution >= 0.6 is 0 Å². The predicted octanol–water partition coefficient (Wildman–Crippen LogP) is 1.68. The van der Waals surface area contributed by atoms with Gasteiger partial charge in [-0.05, 0) is 29.3 Å². The minimum absolute atomic E-state index is 0.139. The highest BCUT2D eigenvalue weighted by atomic mass is 19.4. The van der Waals surface area contributed by atoms with Crippen molar-refractivity contribution in [1.29, 1.82) is 0 Å². The van der Waals surface area contributed by atoms with Crippen LogP contribution in [0, 0.1) is 5.82 Å². The molecule has 1 N–H and O–H groups in total. The van der Waals surface area contributed by atoms with E-state index in [9.17, 15) is 22.7 Å². The molecule has 130 valence electrons. The fourth-order valence-corrected chi connectivity index (χ4v) is 2.83. The first kappa shape index (κ1) is 16.8. The van der Waals surface area contributed by atoms with E-state index in [1.165, 1.54) is 12.1 Å². The molecular formula is C14H15F4N5O. The van der Waals surface area contributed by atoms with Crippen LogP contribution in [0.2, 0.25) is 0 Å². The summed E-state index contributed by atoms with van der Waals surface area (Å²) in [6, 6.07) is 5.72. The van der Waals surface area contributed by atoms with Gasteiger partial charge in [0.05, 0.1) is 12.6 Å². The second-order valence-corrected chi connectivity index (χ2v) is 5.74. The monoisotopic (exact) mass is 345 g/mol. The molecule has 10 heteroatoms. The lowest BCUT2D eigenvalue weighted by Crippen LogP contribution is -2.25. The van der Waals surface area contributed by atoms with Crippen molar-refractivity contribution >= 4 is 0 Å². The van der Waals surface area contributed by atoms with Gasteiger partial charge in [0.25, 0.3) is 0 Å². The van der Waals surface area contributed by atoms with E-state index in [-0.39, 0.29) is 24.2 Å². The van der Waals surface area contributed by atoms with Gasteiger partial charge in [-0.25, -0.2) is 4.39 Å². The number of alkyl halides is 3. The van der Waals surface area contributed by atoms with Gasteiger partial charge in [0, 0.05) is 12.6 Å². The Kier molecular flexibility index (Phi) is 4.50. The molecule has 2 heterocycles. The summed E-state index contributed by atoms with van der Waals surface area (Å²) in [5.41, 5.74) is 0.815. The van der Waals surface area contributed by atoms with E-state index < -0.39 is 18.8 Å². The highest BCUT2D eigenvalue weighted by molar-refractivity contribution is 5.21. The van der Waals surface area contributed by atoms with Crippen molar-refractivity contribution in [2.45, 2.75) is 37.8 Å². The summed E-state index contributed by atoms with van der Waals surface area (Å²) in [4.78, 5) is 2.33. The molecule has 1 aromatic carbocycles. The number of aliphatic hydroxyl groups excluding tert-OH is 1. The fraction of sp³-hybridized carbons (Fsp3) is 0.500. The predicted molar refractivity (Wildman–Crippen MR) is 74.0 cm³/mol. The average molecular weight is 345 g/mol. The van der Waals surface area contributed by atoms with E-state index in [1.807, 2.05) is 4.90 Å². The third kappa shape index (κ3) is 4.06. The van der Waals surface area contributed by atoms with Crippen molar-refractivity contribution in [2.75, 3.05) is 6.54 Å². The van der Waals surface area contributed by atoms with Crippen molar-refractivity contribution < 1.29 is 22.7 Å². The molecule has 0 radical (unpaired) electrons. The molecule has 2 atom stereocenters. The number of tetrazole rings is 1. The van der Waals surface area contributed by atoms with Crippen LogP contribution in [0.4, 0.5) is 17.6 Å². The number of nitrogens with zero attached hydrogens (tertiary/aromatic N) is 5. The summed E-state index contributed by atoms with van der Waals surface area (Å²) in [7, 11) is 0. The number of β-amino-alcohol motifs (C(OH)–C–C–N with tert-alkyl or cyclic N) is 1. The first-order valence-electron chi connectivity index (χ1n) is 7.31. The van der Waals surface area contributed by atoms with Crippen molar-refractivity contribution in [3.63, 3.8) is 0 Å². The van der Waals surface area contributed by atoms with Gasteiger partial charge in [-0.3, -0.25) is 4.90 Å². The molecule has 0 saturated carbocycles. The molecule has 1 fully saturated rings. The number of likely N-dealkylation sites (tertiary alicyclic amines) is 1. The van der Waals surface area contributed by atoms with Gasteiger partial charge >= 0.3 is 6.18 Å².